The summed E-state index contributed by atoms with van der Waals surface area (Å²) < 4.78 is 7.24. The summed E-state index contributed by atoms with van der Waals surface area (Å²) in [7, 11) is 4.18. The molecular formula is C18H17Cl2N3O4. The minimum Gasteiger partial charge on any atom is -0.466 e. The number of allylic oxidation sites excluding steroid dienone is 1. The molecule has 9 heteroatoms. The van der Waals surface area contributed by atoms with Crippen LogP contribution in [-0.4, -0.2) is 22.2 Å². The number of hydrogen-bond donors (Lipinski definition) is 1. The van der Waals surface area contributed by atoms with Gasteiger partial charge < -0.3 is 10.1 Å². The zero-order chi connectivity index (χ0) is 20.0. The molecule has 1 aromatic heterocycles. The molecule has 0 radical (unpaired) electrons. The zero-order valence-electron chi connectivity index (χ0n) is 15.1. The largest absolute Gasteiger partial charge is 0.466 e. The third-order valence-corrected chi connectivity index (χ3v) is 5.52. The van der Waals surface area contributed by atoms with Crippen molar-refractivity contribution in [1.29, 1.82) is 0 Å². The number of rotatable bonds is 2. The summed E-state index contributed by atoms with van der Waals surface area (Å²) in [5.41, 5.74) is 0.354. The second-order valence-corrected chi connectivity index (χ2v) is 6.98. The third kappa shape index (κ3) is 2.87. The van der Waals surface area contributed by atoms with Gasteiger partial charge in [0.1, 0.15) is 5.82 Å². The van der Waals surface area contributed by atoms with Gasteiger partial charge in [0.25, 0.3) is 5.56 Å². The highest BCUT2D eigenvalue weighted by Gasteiger charge is 2.38. The molecule has 2 heterocycles. The van der Waals surface area contributed by atoms with Crippen LogP contribution < -0.4 is 16.6 Å². The van der Waals surface area contributed by atoms with Crippen molar-refractivity contribution in [1.82, 2.24) is 9.13 Å². The van der Waals surface area contributed by atoms with E-state index in [0.29, 0.717) is 17.1 Å². The molecule has 0 spiro atoms. The van der Waals surface area contributed by atoms with Crippen molar-refractivity contribution in [3.63, 3.8) is 0 Å². The van der Waals surface area contributed by atoms with Crippen LogP contribution in [0.4, 0.5) is 5.82 Å². The van der Waals surface area contributed by atoms with E-state index in [1.165, 1.54) is 18.7 Å². The van der Waals surface area contributed by atoms with E-state index in [1.807, 2.05) is 0 Å². The monoisotopic (exact) mass is 409 g/mol. The predicted octanol–water partition coefficient (Wildman–Crippen LogP) is 2.40. The SMILES string of the molecule is COC(=O)C1=C(C)Nc2c(c(=O)n(C)c(=O)n2C)[C@@H]1c1cccc(Cl)c1Cl. The van der Waals surface area contributed by atoms with Crippen LogP contribution in [0.1, 0.15) is 24.0 Å². The van der Waals surface area contributed by atoms with Crippen LogP contribution in [0.5, 0.6) is 0 Å². The standard InChI is InChI=1S/C18H17Cl2N3O4/c1-8-11(17(25)27-4)12(9-6-5-7-10(19)14(9)20)13-15(21-8)22(2)18(26)23(3)16(13)24/h5-7,12,21H,1-4H3/t12-/m1/s1. The number of fused-ring (bicyclic) bond motifs is 1. The summed E-state index contributed by atoms with van der Waals surface area (Å²) in [6.07, 6.45) is 0. The lowest BCUT2D eigenvalue weighted by Crippen LogP contribution is -2.43. The molecule has 142 valence electrons. The first kappa shape index (κ1) is 19.3. The highest BCUT2D eigenvalue weighted by atomic mass is 35.5. The Bertz CT molecular complexity index is 1110. The molecule has 0 bridgehead atoms. The summed E-state index contributed by atoms with van der Waals surface area (Å²) >= 11 is 12.6. The van der Waals surface area contributed by atoms with Gasteiger partial charge in [0, 0.05) is 19.8 Å². The molecule has 3 rings (SSSR count). The van der Waals surface area contributed by atoms with E-state index in [1.54, 1.807) is 32.2 Å². The number of halogens is 2. The Kier molecular flexibility index (Phi) is 4.92. The normalized spacial score (nSPS) is 16.0. The number of carbonyl (C=O) groups is 1. The molecule has 1 aliphatic rings. The molecule has 0 aliphatic carbocycles. The number of hydrogen-bond acceptors (Lipinski definition) is 5. The number of benzene rings is 1. The number of nitrogens with zero attached hydrogens (tertiary/aromatic N) is 2. The minimum atomic E-state index is -0.842. The van der Waals surface area contributed by atoms with E-state index in [9.17, 15) is 14.4 Å². The van der Waals surface area contributed by atoms with Crippen molar-refractivity contribution in [3.05, 3.63) is 71.5 Å². The van der Waals surface area contributed by atoms with Crippen LogP contribution in [0.15, 0.2) is 39.1 Å². The Morgan fingerprint density at radius 2 is 1.85 bits per heavy atom. The molecule has 1 aliphatic heterocycles. The Morgan fingerprint density at radius 3 is 2.48 bits per heavy atom. The molecule has 0 saturated carbocycles. The average Bonchev–Trinajstić information content (AvgIpc) is 2.65. The van der Waals surface area contributed by atoms with Crippen molar-refractivity contribution in [2.24, 2.45) is 14.1 Å². The van der Waals surface area contributed by atoms with Crippen LogP contribution in [-0.2, 0) is 23.6 Å². The Labute approximate surface area is 164 Å². The summed E-state index contributed by atoms with van der Waals surface area (Å²) in [4.78, 5) is 37.9. The number of carbonyl (C=O) groups excluding carboxylic acids is 1. The van der Waals surface area contributed by atoms with Gasteiger partial charge in [0.15, 0.2) is 0 Å². The molecule has 0 saturated heterocycles. The van der Waals surface area contributed by atoms with Gasteiger partial charge in [-0.1, -0.05) is 35.3 Å². The maximum atomic E-state index is 13.0. The quantitative estimate of drug-likeness (QED) is 0.769. The van der Waals surface area contributed by atoms with E-state index >= 15 is 0 Å². The van der Waals surface area contributed by atoms with Crippen molar-refractivity contribution in [3.8, 4) is 0 Å². The summed E-state index contributed by atoms with van der Waals surface area (Å²) in [5, 5.41) is 3.50. The number of nitrogens with one attached hydrogen (secondary N) is 1. The molecule has 27 heavy (non-hydrogen) atoms. The van der Waals surface area contributed by atoms with Gasteiger partial charge >= 0.3 is 11.7 Å². The molecule has 1 N–H and O–H groups in total. The molecule has 2 aromatic rings. The number of aromatic nitrogens is 2. The lowest BCUT2D eigenvalue weighted by Gasteiger charge is -2.31. The average molecular weight is 410 g/mol. The predicted molar refractivity (Wildman–Crippen MR) is 104 cm³/mol. The first-order valence-corrected chi connectivity index (χ1v) is 8.76. The molecule has 7 nitrogen and oxygen atoms in total. The minimum absolute atomic E-state index is 0.217. The number of anilines is 1. The summed E-state index contributed by atoms with van der Waals surface area (Å²) in [5.74, 6) is -1.15. The summed E-state index contributed by atoms with van der Waals surface area (Å²) in [6, 6.07) is 4.99. The first-order chi connectivity index (χ1) is 12.7. The molecule has 1 aromatic carbocycles. The van der Waals surface area contributed by atoms with Gasteiger partial charge in [-0.3, -0.25) is 13.9 Å². The Morgan fingerprint density at radius 1 is 1.19 bits per heavy atom. The molecular weight excluding hydrogens is 393 g/mol. The fourth-order valence-corrected chi connectivity index (χ4v) is 3.74. The van der Waals surface area contributed by atoms with E-state index in [0.717, 1.165) is 4.57 Å². The van der Waals surface area contributed by atoms with Crippen LogP contribution in [0.3, 0.4) is 0 Å². The van der Waals surface area contributed by atoms with Crippen LogP contribution in [0.25, 0.3) is 0 Å². The van der Waals surface area contributed by atoms with E-state index < -0.39 is 23.1 Å². The van der Waals surface area contributed by atoms with Crippen LogP contribution in [0, 0.1) is 0 Å². The third-order valence-electron chi connectivity index (χ3n) is 4.68. The van der Waals surface area contributed by atoms with Crippen molar-refractivity contribution in [2.75, 3.05) is 12.4 Å². The topological polar surface area (TPSA) is 82.3 Å². The lowest BCUT2D eigenvalue weighted by molar-refractivity contribution is -0.136. The van der Waals surface area contributed by atoms with Gasteiger partial charge in [0.05, 0.1) is 34.2 Å². The maximum Gasteiger partial charge on any atom is 0.336 e. The second-order valence-electron chi connectivity index (χ2n) is 6.20. The van der Waals surface area contributed by atoms with Crippen molar-refractivity contribution < 1.29 is 9.53 Å². The Hall–Kier alpha value is -2.51. The molecule has 1 atom stereocenters. The van der Waals surface area contributed by atoms with E-state index in [2.05, 4.69) is 5.32 Å². The summed E-state index contributed by atoms with van der Waals surface area (Å²) in [6.45, 7) is 1.67. The van der Waals surface area contributed by atoms with Gasteiger partial charge in [-0.05, 0) is 18.6 Å². The smallest absolute Gasteiger partial charge is 0.336 e. The first-order valence-electron chi connectivity index (χ1n) is 8.00. The molecule has 0 amide bonds. The van der Waals surface area contributed by atoms with Gasteiger partial charge in [-0.25, -0.2) is 9.59 Å². The van der Waals surface area contributed by atoms with Crippen LogP contribution in [0.2, 0.25) is 10.0 Å². The highest BCUT2D eigenvalue weighted by Crippen LogP contribution is 2.43. The number of esters is 1. The number of ether oxygens (including phenoxy) is 1. The number of methoxy groups -OCH3 is 1. The fourth-order valence-electron chi connectivity index (χ4n) is 3.32. The fraction of sp³-hybridized carbons (Fsp3) is 0.278. The highest BCUT2D eigenvalue weighted by molar-refractivity contribution is 6.42. The molecule has 0 unspecified atom stereocenters. The zero-order valence-corrected chi connectivity index (χ0v) is 16.6. The van der Waals surface area contributed by atoms with Crippen molar-refractivity contribution >= 4 is 35.0 Å². The van der Waals surface area contributed by atoms with Gasteiger partial charge in [-0.2, -0.15) is 0 Å². The van der Waals surface area contributed by atoms with E-state index in [-0.39, 0.29) is 21.2 Å². The lowest BCUT2D eigenvalue weighted by atomic mass is 9.82. The van der Waals surface area contributed by atoms with E-state index in [4.69, 9.17) is 27.9 Å². The van der Waals surface area contributed by atoms with Crippen molar-refractivity contribution in [2.45, 2.75) is 12.8 Å². The second kappa shape index (κ2) is 6.90. The van der Waals surface area contributed by atoms with Gasteiger partial charge in [0.2, 0.25) is 0 Å². The maximum absolute atomic E-state index is 13.0. The van der Waals surface area contributed by atoms with Crippen LogP contribution >= 0.6 is 23.2 Å². The Balaban J connectivity index is 2.48. The van der Waals surface area contributed by atoms with Gasteiger partial charge in [-0.15, -0.1) is 0 Å². The molecule has 0 fully saturated rings.